The molecule has 0 fully saturated rings. The zero-order valence-corrected chi connectivity index (χ0v) is 24.0. The zero-order chi connectivity index (χ0) is 29.3. The number of ether oxygens (including phenoxy) is 5. The molecule has 0 saturated heterocycles. The lowest BCUT2D eigenvalue weighted by atomic mass is 10.2. The van der Waals surface area contributed by atoms with E-state index in [0.29, 0.717) is 82.9 Å². The van der Waals surface area contributed by atoms with Gasteiger partial charge >= 0.3 is 11.7 Å². The molecule has 3 heterocycles. The minimum absolute atomic E-state index is 0.0190. The fourth-order valence-corrected chi connectivity index (χ4v) is 3.79. The number of rotatable bonds is 22. The molecule has 0 bridgehead atoms. The van der Waals surface area contributed by atoms with E-state index in [-0.39, 0.29) is 30.7 Å². The predicted molar refractivity (Wildman–Crippen MR) is 153 cm³/mol. The summed E-state index contributed by atoms with van der Waals surface area (Å²) in [5.41, 5.74) is 8.24. The van der Waals surface area contributed by atoms with E-state index < -0.39 is 0 Å². The number of anilines is 1. The maximum atomic E-state index is 12.6. The van der Waals surface area contributed by atoms with Crippen LogP contribution in [0.1, 0.15) is 31.0 Å². The summed E-state index contributed by atoms with van der Waals surface area (Å²) in [5, 5.41) is 8.61. The number of nitrogens with two attached hydrogens (primary N) is 1. The molecule has 14 heteroatoms. The van der Waals surface area contributed by atoms with Gasteiger partial charge in [-0.05, 0) is 25.1 Å². The molecule has 0 aliphatic carbocycles. The van der Waals surface area contributed by atoms with Gasteiger partial charge in [0.05, 0.1) is 78.3 Å². The molecule has 0 saturated carbocycles. The average molecular weight is 578 g/mol. The van der Waals surface area contributed by atoms with Gasteiger partial charge in [-0.15, -0.1) is 0 Å². The molecule has 0 atom stereocenters. The van der Waals surface area contributed by atoms with Crippen molar-refractivity contribution >= 4 is 17.0 Å². The van der Waals surface area contributed by atoms with Crippen LogP contribution in [0.2, 0.25) is 0 Å². The molecule has 228 valence electrons. The fourth-order valence-electron chi connectivity index (χ4n) is 3.79. The van der Waals surface area contributed by atoms with Crippen molar-refractivity contribution in [2.75, 3.05) is 85.4 Å². The maximum absolute atomic E-state index is 12.6. The van der Waals surface area contributed by atoms with Gasteiger partial charge in [0, 0.05) is 19.3 Å². The Labute approximate surface area is 239 Å². The number of aromatic amines is 1. The van der Waals surface area contributed by atoms with Gasteiger partial charge < -0.3 is 39.5 Å². The lowest BCUT2D eigenvalue weighted by Crippen LogP contribution is -2.23. The zero-order valence-electron chi connectivity index (χ0n) is 24.0. The Morgan fingerprint density at radius 2 is 1.66 bits per heavy atom. The molecule has 0 radical (unpaired) electrons. The lowest BCUT2D eigenvalue weighted by molar-refractivity contribution is -0.00687. The van der Waals surface area contributed by atoms with Crippen molar-refractivity contribution in [2.45, 2.75) is 32.9 Å². The number of nitrogens with zero attached hydrogens (tertiary/aromatic N) is 5. The molecule has 3 aromatic rings. The molecular weight excluding hydrogens is 534 g/mol. The Balaban J connectivity index is 1.36. The van der Waals surface area contributed by atoms with E-state index in [2.05, 4.69) is 31.8 Å². The van der Waals surface area contributed by atoms with Crippen molar-refractivity contribution in [2.24, 2.45) is 0 Å². The number of fused-ring (bicyclic) bond motifs is 1. The highest BCUT2D eigenvalue weighted by Crippen LogP contribution is 2.18. The lowest BCUT2D eigenvalue weighted by Gasteiger charge is -2.16. The van der Waals surface area contributed by atoms with Crippen molar-refractivity contribution in [3.8, 4) is 6.01 Å². The molecule has 3 aromatic heterocycles. The van der Waals surface area contributed by atoms with Gasteiger partial charge in [0.15, 0.2) is 11.5 Å². The van der Waals surface area contributed by atoms with Gasteiger partial charge in [-0.1, -0.05) is 19.4 Å². The highest BCUT2D eigenvalue weighted by molar-refractivity contribution is 5.81. The monoisotopic (exact) mass is 577 g/mol. The molecule has 0 aromatic carbocycles. The number of nitrogen functional groups attached to an aromatic ring is 1. The summed E-state index contributed by atoms with van der Waals surface area (Å²) in [5.74, 6) is 0.169. The Morgan fingerprint density at radius 1 is 0.976 bits per heavy atom. The quantitative estimate of drug-likeness (QED) is 0.144. The predicted octanol–water partition coefficient (Wildman–Crippen LogP) is 0.815. The molecule has 0 amide bonds. The largest absolute Gasteiger partial charge is 0.463 e. The number of hydrogen-bond donors (Lipinski definition) is 3. The number of hydrogen-bond acceptors (Lipinski definition) is 12. The van der Waals surface area contributed by atoms with Crippen molar-refractivity contribution in [3.05, 3.63) is 40.1 Å². The Bertz CT molecular complexity index is 1200. The van der Waals surface area contributed by atoms with Gasteiger partial charge in [0.25, 0.3) is 0 Å². The smallest absolute Gasteiger partial charge is 0.328 e. The molecule has 41 heavy (non-hydrogen) atoms. The van der Waals surface area contributed by atoms with Gasteiger partial charge in [-0.3, -0.25) is 14.5 Å². The summed E-state index contributed by atoms with van der Waals surface area (Å²) < 4.78 is 28.7. The van der Waals surface area contributed by atoms with Crippen molar-refractivity contribution in [3.63, 3.8) is 0 Å². The van der Waals surface area contributed by atoms with Gasteiger partial charge in [0.2, 0.25) is 0 Å². The highest BCUT2D eigenvalue weighted by atomic mass is 16.6. The Kier molecular flexibility index (Phi) is 14.5. The first-order valence-corrected chi connectivity index (χ1v) is 13.9. The molecule has 0 aliphatic heterocycles. The molecule has 4 N–H and O–H groups in total. The summed E-state index contributed by atoms with van der Waals surface area (Å²) in [4.78, 5) is 30.6. The Morgan fingerprint density at radius 3 is 2.29 bits per heavy atom. The maximum Gasteiger partial charge on any atom is 0.328 e. The van der Waals surface area contributed by atoms with Crippen LogP contribution >= 0.6 is 0 Å². The van der Waals surface area contributed by atoms with Gasteiger partial charge in [0.1, 0.15) is 5.52 Å². The average Bonchev–Trinajstić information content (AvgIpc) is 3.27. The minimum Gasteiger partial charge on any atom is -0.463 e. The number of aliphatic hydroxyl groups excluding tert-OH is 1. The van der Waals surface area contributed by atoms with Crippen LogP contribution in [0.25, 0.3) is 11.2 Å². The highest BCUT2D eigenvalue weighted by Gasteiger charge is 2.15. The third-order valence-corrected chi connectivity index (χ3v) is 5.99. The summed E-state index contributed by atoms with van der Waals surface area (Å²) in [7, 11) is 2.02. The Hall–Kier alpha value is -3.14. The number of likely N-dealkylation sites (N-methyl/N-ethyl adjacent to an activating group) is 1. The first-order valence-electron chi connectivity index (χ1n) is 13.9. The second-order valence-electron chi connectivity index (χ2n) is 9.38. The first-order chi connectivity index (χ1) is 20.0. The normalized spacial score (nSPS) is 11.6. The number of aliphatic hydroxyl groups is 1. The summed E-state index contributed by atoms with van der Waals surface area (Å²) in [6.45, 7) is 8.14. The third kappa shape index (κ3) is 11.3. The van der Waals surface area contributed by atoms with Crippen LogP contribution < -0.4 is 16.2 Å². The van der Waals surface area contributed by atoms with Crippen LogP contribution in [0.4, 0.5) is 5.82 Å². The SMILES string of the molecule is CCCCOc1nc(N)c2[nH]c(=O)n(Cc3ccc(CN(C)CCOCCOCCOCCOCCO)cn3)c2n1. The number of unbranched alkanes of at least 4 members (excludes halogenated alkanes) is 1. The second kappa shape index (κ2) is 18.3. The topological polar surface area (TPSA) is 172 Å². The van der Waals surface area contributed by atoms with E-state index in [9.17, 15) is 4.79 Å². The summed E-state index contributed by atoms with van der Waals surface area (Å²) in [6, 6.07) is 4.05. The van der Waals surface area contributed by atoms with Crippen LogP contribution in [-0.4, -0.2) is 114 Å². The van der Waals surface area contributed by atoms with E-state index in [1.807, 2.05) is 25.4 Å². The first kappa shape index (κ1) is 32.4. The molecular formula is C27H43N7O7. The number of imidazole rings is 1. The van der Waals surface area contributed by atoms with E-state index in [0.717, 1.165) is 24.9 Å². The number of pyridine rings is 1. The van der Waals surface area contributed by atoms with Crippen LogP contribution in [0.15, 0.2) is 23.1 Å². The van der Waals surface area contributed by atoms with Crippen LogP contribution in [0.5, 0.6) is 6.01 Å². The fraction of sp³-hybridized carbons (Fsp3) is 0.630. The number of nitrogens with one attached hydrogen (secondary N) is 1. The third-order valence-electron chi connectivity index (χ3n) is 5.99. The standard InChI is InChI=1S/C27H43N7O7/c1-3-4-9-41-26-31-24(28)23-25(32-26)34(27(36)30-23)20-22-6-5-21(18-29-22)19-33(2)7-10-37-12-14-39-16-17-40-15-13-38-11-8-35/h5-6,18,35H,3-4,7-17,19-20H2,1-2H3,(H,30,36)(H2,28,31,32). The van der Waals surface area contributed by atoms with Gasteiger partial charge in [-0.2, -0.15) is 9.97 Å². The summed E-state index contributed by atoms with van der Waals surface area (Å²) in [6.07, 6.45) is 3.66. The number of H-pyrrole nitrogens is 1. The van der Waals surface area contributed by atoms with E-state index in [1.54, 1.807) is 0 Å². The molecule has 0 unspecified atom stereocenters. The van der Waals surface area contributed by atoms with E-state index in [1.165, 1.54) is 4.57 Å². The minimum atomic E-state index is -0.337. The van der Waals surface area contributed by atoms with Crippen LogP contribution in [0.3, 0.4) is 0 Å². The van der Waals surface area contributed by atoms with E-state index in [4.69, 9.17) is 34.5 Å². The van der Waals surface area contributed by atoms with Crippen molar-refractivity contribution in [1.82, 2.24) is 29.4 Å². The van der Waals surface area contributed by atoms with Crippen LogP contribution in [0, 0.1) is 0 Å². The molecule has 0 spiro atoms. The van der Waals surface area contributed by atoms with Gasteiger partial charge in [-0.25, -0.2) is 4.79 Å². The second-order valence-corrected chi connectivity index (χ2v) is 9.38. The number of aromatic nitrogens is 5. The summed E-state index contributed by atoms with van der Waals surface area (Å²) >= 11 is 0. The molecule has 14 nitrogen and oxygen atoms in total. The van der Waals surface area contributed by atoms with Crippen molar-refractivity contribution < 1.29 is 28.8 Å². The van der Waals surface area contributed by atoms with Crippen molar-refractivity contribution in [1.29, 1.82) is 0 Å². The van der Waals surface area contributed by atoms with E-state index >= 15 is 0 Å². The van der Waals surface area contributed by atoms with Crippen LogP contribution in [-0.2, 0) is 32.0 Å². The molecule has 0 aliphatic rings. The molecule has 3 rings (SSSR count).